The lowest BCUT2D eigenvalue weighted by molar-refractivity contribution is -0.244. The van der Waals surface area contributed by atoms with Gasteiger partial charge in [0, 0.05) is 31.1 Å². The molecule has 0 aromatic heterocycles. The minimum Gasteiger partial charge on any atom is -0.466 e. The number of ether oxygens (including phenoxy) is 3. The molecule has 0 radical (unpaired) electrons. The van der Waals surface area contributed by atoms with Gasteiger partial charge in [0.05, 0.1) is 13.0 Å². The van der Waals surface area contributed by atoms with Crippen LogP contribution in [0.5, 0.6) is 0 Å². The van der Waals surface area contributed by atoms with Crippen molar-refractivity contribution in [2.75, 3.05) is 21.3 Å². The summed E-state index contributed by atoms with van der Waals surface area (Å²) < 4.78 is 15.5. The highest BCUT2D eigenvalue weighted by atomic mass is 16.7. The number of fused-ring (bicyclic) bond motifs is 2. The van der Waals surface area contributed by atoms with E-state index in [-0.39, 0.29) is 11.7 Å². The maximum absolute atomic E-state index is 12.8. The fourth-order valence-electron chi connectivity index (χ4n) is 3.48. The number of hydrogen-bond acceptors (Lipinski definition) is 5. The van der Waals surface area contributed by atoms with Gasteiger partial charge in [-0.3, -0.25) is 4.79 Å². The molecule has 3 aliphatic carbocycles. The molecule has 110 valence electrons. The Morgan fingerprint density at radius 3 is 2.40 bits per heavy atom. The van der Waals surface area contributed by atoms with Gasteiger partial charge in [-0.25, -0.2) is 4.79 Å². The first-order valence-corrected chi connectivity index (χ1v) is 6.48. The van der Waals surface area contributed by atoms with Crippen LogP contribution in [0.15, 0.2) is 24.3 Å². The van der Waals surface area contributed by atoms with Gasteiger partial charge in [0.15, 0.2) is 0 Å². The van der Waals surface area contributed by atoms with Crippen molar-refractivity contribution in [1.82, 2.24) is 0 Å². The molecule has 3 aliphatic rings. The molecule has 0 spiro atoms. The van der Waals surface area contributed by atoms with Crippen molar-refractivity contribution >= 4 is 11.8 Å². The van der Waals surface area contributed by atoms with Gasteiger partial charge in [-0.1, -0.05) is 19.1 Å². The van der Waals surface area contributed by atoms with Crippen LogP contribution in [0.4, 0.5) is 0 Å². The first-order valence-electron chi connectivity index (χ1n) is 6.48. The van der Waals surface area contributed by atoms with Gasteiger partial charge in [0.1, 0.15) is 0 Å². The summed E-state index contributed by atoms with van der Waals surface area (Å²) in [4.78, 5) is 24.8. The molecule has 2 bridgehead atoms. The lowest BCUT2D eigenvalue weighted by Crippen LogP contribution is -2.63. The third kappa shape index (κ3) is 1.70. The van der Waals surface area contributed by atoms with Crippen molar-refractivity contribution < 1.29 is 23.8 Å². The molecule has 20 heavy (non-hydrogen) atoms. The van der Waals surface area contributed by atoms with E-state index in [4.69, 9.17) is 14.2 Å². The van der Waals surface area contributed by atoms with Gasteiger partial charge < -0.3 is 14.2 Å². The number of rotatable bonds is 4. The monoisotopic (exact) mass is 280 g/mol. The second-order valence-corrected chi connectivity index (χ2v) is 5.51. The largest absolute Gasteiger partial charge is 0.466 e. The molecular weight excluding hydrogens is 260 g/mol. The van der Waals surface area contributed by atoms with E-state index in [1.54, 1.807) is 12.2 Å². The number of allylic oxidation sites excluding steroid dienone is 1. The minimum atomic E-state index is -1.31. The molecule has 3 atom stereocenters. The van der Waals surface area contributed by atoms with Crippen molar-refractivity contribution in [3.63, 3.8) is 0 Å². The molecule has 0 aromatic carbocycles. The second-order valence-electron chi connectivity index (χ2n) is 5.51. The zero-order valence-electron chi connectivity index (χ0n) is 12.3. The fourth-order valence-corrected chi connectivity index (χ4v) is 3.48. The van der Waals surface area contributed by atoms with E-state index in [9.17, 15) is 9.59 Å². The molecule has 0 aliphatic heterocycles. The van der Waals surface area contributed by atoms with Crippen LogP contribution in [0.3, 0.4) is 0 Å². The number of esters is 1. The second kappa shape index (κ2) is 4.82. The molecular formula is C15H20O5. The summed E-state index contributed by atoms with van der Waals surface area (Å²) in [5.74, 6) is -3.04. The van der Waals surface area contributed by atoms with E-state index < -0.39 is 23.1 Å². The third-order valence-corrected chi connectivity index (χ3v) is 4.60. The molecule has 3 rings (SSSR count). The van der Waals surface area contributed by atoms with Gasteiger partial charge in [0.2, 0.25) is 11.6 Å². The summed E-state index contributed by atoms with van der Waals surface area (Å²) >= 11 is 0. The van der Waals surface area contributed by atoms with Crippen molar-refractivity contribution in [1.29, 1.82) is 0 Å². The minimum absolute atomic E-state index is 0.246. The highest BCUT2D eigenvalue weighted by Gasteiger charge is 2.63. The van der Waals surface area contributed by atoms with E-state index in [0.29, 0.717) is 12.0 Å². The number of methoxy groups -OCH3 is 3. The number of ketones is 1. The van der Waals surface area contributed by atoms with Crippen molar-refractivity contribution in [3.05, 3.63) is 24.3 Å². The van der Waals surface area contributed by atoms with E-state index >= 15 is 0 Å². The Hall–Kier alpha value is -1.46. The van der Waals surface area contributed by atoms with E-state index in [1.165, 1.54) is 21.3 Å². The Kier molecular flexibility index (Phi) is 3.60. The van der Waals surface area contributed by atoms with E-state index in [0.717, 1.165) is 0 Å². The SMILES string of the molecule is C=C[C@]1(C)C[C@@H]2C=C(C(=O)OC)[C@H]1C(=O)C2(OC)OC. The summed E-state index contributed by atoms with van der Waals surface area (Å²) in [5.41, 5.74) is -0.124. The van der Waals surface area contributed by atoms with Crippen molar-refractivity contribution in [3.8, 4) is 0 Å². The molecule has 0 unspecified atom stereocenters. The van der Waals surface area contributed by atoms with Crippen LogP contribution in [0.2, 0.25) is 0 Å². The molecule has 1 saturated carbocycles. The average molecular weight is 280 g/mol. The Morgan fingerprint density at radius 2 is 2.00 bits per heavy atom. The predicted octanol–water partition coefficient (Wildman–Crippen LogP) is 1.49. The summed E-state index contributed by atoms with van der Waals surface area (Å²) in [7, 11) is 4.19. The number of carbonyl (C=O) groups excluding carboxylic acids is 2. The van der Waals surface area contributed by atoms with Gasteiger partial charge in [-0.05, 0) is 6.42 Å². The third-order valence-electron chi connectivity index (χ3n) is 4.60. The quantitative estimate of drug-likeness (QED) is 0.443. The van der Waals surface area contributed by atoms with Gasteiger partial charge in [-0.2, -0.15) is 0 Å². The van der Waals surface area contributed by atoms with Crippen molar-refractivity contribution in [2.24, 2.45) is 17.3 Å². The number of Topliss-reactive ketones (excluding diaryl/α,β-unsaturated/α-hetero) is 1. The summed E-state index contributed by atoms with van der Waals surface area (Å²) in [6.07, 6.45) is 4.11. The van der Waals surface area contributed by atoms with Crippen LogP contribution in [-0.2, 0) is 23.8 Å². The Labute approximate surface area is 118 Å². The van der Waals surface area contributed by atoms with E-state index in [2.05, 4.69) is 6.58 Å². The molecule has 5 heteroatoms. The highest BCUT2D eigenvalue weighted by Crippen LogP contribution is 2.55. The average Bonchev–Trinajstić information content (AvgIpc) is 2.47. The Balaban J connectivity index is 2.60. The summed E-state index contributed by atoms with van der Waals surface area (Å²) in [6.45, 7) is 5.73. The maximum Gasteiger partial charge on any atom is 0.334 e. The van der Waals surface area contributed by atoms with Crippen molar-refractivity contribution in [2.45, 2.75) is 19.1 Å². The topological polar surface area (TPSA) is 61.8 Å². The molecule has 0 amide bonds. The fraction of sp³-hybridized carbons (Fsp3) is 0.600. The van der Waals surface area contributed by atoms with E-state index in [1.807, 2.05) is 6.92 Å². The number of carbonyl (C=O) groups is 2. The lowest BCUT2D eigenvalue weighted by Gasteiger charge is -2.53. The predicted molar refractivity (Wildman–Crippen MR) is 71.8 cm³/mol. The molecule has 5 nitrogen and oxygen atoms in total. The Bertz CT molecular complexity index is 488. The van der Waals surface area contributed by atoms with Crippen LogP contribution in [0, 0.1) is 17.3 Å². The van der Waals surface area contributed by atoms with Gasteiger partial charge in [0.25, 0.3) is 0 Å². The van der Waals surface area contributed by atoms with Gasteiger partial charge in [-0.15, -0.1) is 6.58 Å². The zero-order valence-corrected chi connectivity index (χ0v) is 12.3. The van der Waals surface area contributed by atoms with Crippen LogP contribution in [-0.4, -0.2) is 38.9 Å². The Morgan fingerprint density at radius 1 is 1.40 bits per heavy atom. The first-order chi connectivity index (χ1) is 9.40. The lowest BCUT2D eigenvalue weighted by atomic mass is 9.54. The molecule has 0 N–H and O–H groups in total. The summed E-state index contributed by atoms with van der Waals surface area (Å²) in [5, 5.41) is 0. The first kappa shape index (κ1) is 14.9. The van der Waals surface area contributed by atoms with Crippen LogP contribution >= 0.6 is 0 Å². The zero-order chi connectivity index (χ0) is 15.1. The van der Waals surface area contributed by atoms with Crippen LogP contribution in [0.25, 0.3) is 0 Å². The molecule has 1 fully saturated rings. The number of hydrogen-bond donors (Lipinski definition) is 0. The normalized spacial score (nSPS) is 34.6. The molecule has 0 saturated heterocycles. The highest BCUT2D eigenvalue weighted by molar-refractivity contribution is 6.04. The molecule has 0 heterocycles. The maximum atomic E-state index is 12.8. The van der Waals surface area contributed by atoms with Gasteiger partial charge >= 0.3 is 5.97 Å². The molecule has 0 aromatic rings. The smallest absolute Gasteiger partial charge is 0.334 e. The van der Waals surface area contributed by atoms with Crippen LogP contribution in [0.1, 0.15) is 13.3 Å². The summed E-state index contributed by atoms with van der Waals surface area (Å²) in [6, 6.07) is 0. The van der Waals surface area contributed by atoms with Crippen LogP contribution < -0.4 is 0 Å². The standard InChI is InChI=1S/C15H20O5/c1-6-14(2)8-9-7-10(13(17)18-3)11(14)12(16)15(9,19-4)20-5/h6-7,9,11H,1,8H2,2-5H3/t9-,11-,14+/m0/s1.